The van der Waals surface area contributed by atoms with E-state index in [0.717, 1.165) is 0 Å². The molecule has 0 radical (unpaired) electrons. The number of benzene rings is 1. The molecule has 0 unspecified atom stereocenters. The molecule has 1 aliphatic rings. The molecule has 0 aliphatic carbocycles. The zero-order chi connectivity index (χ0) is 17.9. The van der Waals surface area contributed by atoms with Crippen LogP contribution in [0.3, 0.4) is 0 Å². The van der Waals surface area contributed by atoms with Crippen LogP contribution < -0.4 is 10.6 Å². The van der Waals surface area contributed by atoms with Crippen LogP contribution in [0.15, 0.2) is 24.3 Å². The number of carbonyl (C=O) groups is 2. The Bertz CT molecular complexity index is 581. The fourth-order valence-corrected chi connectivity index (χ4v) is 3.02. The molecule has 0 bridgehead atoms. The summed E-state index contributed by atoms with van der Waals surface area (Å²) in [5.74, 6) is 0.658. The molecule has 1 saturated heterocycles. The maximum atomic E-state index is 12.5. The monoisotopic (exact) mass is 331 g/mol. The molecule has 0 aromatic heterocycles. The van der Waals surface area contributed by atoms with Crippen LogP contribution in [0.4, 0.5) is 4.79 Å². The zero-order valence-corrected chi connectivity index (χ0v) is 15.3. The van der Waals surface area contributed by atoms with Crippen molar-refractivity contribution < 1.29 is 9.59 Å². The lowest BCUT2D eigenvalue weighted by Crippen LogP contribution is -2.47. The summed E-state index contributed by atoms with van der Waals surface area (Å²) in [6.45, 7) is 11.4. The molecule has 2 rings (SSSR count). The summed E-state index contributed by atoms with van der Waals surface area (Å²) in [5.41, 5.74) is 2.47. The van der Waals surface area contributed by atoms with E-state index in [4.69, 9.17) is 0 Å². The minimum absolute atomic E-state index is 0.0656. The molecule has 1 fully saturated rings. The van der Waals surface area contributed by atoms with Gasteiger partial charge in [0.25, 0.3) is 0 Å². The first-order valence-electron chi connectivity index (χ1n) is 8.76. The summed E-state index contributed by atoms with van der Waals surface area (Å²) in [6.07, 6.45) is 0. The van der Waals surface area contributed by atoms with Gasteiger partial charge in [-0.25, -0.2) is 4.79 Å². The highest BCUT2D eigenvalue weighted by molar-refractivity contribution is 5.98. The van der Waals surface area contributed by atoms with Gasteiger partial charge < -0.3 is 5.32 Å². The maximum Gasteiger partial charge on any atom is 0.324 e. The molecule has 24 heavy (non-hydrogen) atoms. The number of carbonyl (C=O) groups excluding carboxylic acids is 2. The predicted molar refractivity (Wildman–Crippen MR) is 95.8 cm³/mol. The van der Waals surface area contributed by atoms with E-state index in [0.29, 0.717) is 24.9 Å². The van der Waals surface area contributed by atoms with E-state index < -0.39 is 6.04 Å². The molecular weight excluding hydrogens is 302 g/mol. The van der Waals surface area contributed by atoms with Crippen molar-refractivity contribution in [2.45, 2.75) is 52.6 Å². The minimum Gasteiger partial charge on any atom is -0.336 e. The first-order chi connectivity index (χ1) is 11.3. The number of imide groups is 1. The highest BCUT2D eigenvalue weighted by Gasteiger charge is 2.31. The molecule has 1 aromatic carbocycles. The van der Waals surface area contributed by atoms with Crippen molar-refractivity contribution >= 4 is 11.9 Å². The molecule has 132 valence electrons. The molecule has 5 heteroatoms. The molecule has 5 nitrogen and oxygen atoms in total. The molecule has 0 saturated carbocycles. The van der Waals surface area contributed by atoms with Crippen molar-refractivity contribution in [3.63, 3.8) is 0 Å². The SMILES string of the molecule is CC(C)c1ccc([C@@H](N[C@@H](C)C(=O)N2CCNC2=O)C(C)C)cc1. The van der Waals surface area contributed by atoms with Crippen molar-refractivity contribution in [2.24, 2.45) is 5.92 Å². The Labute approximate surface area is 144 Å². The van der Waals surface area contributed by atoms with Gasteiger partial charge in [-0.05, 0) is 29.9 Å². The van der Waals surface area contributed by atoms with Gasteiger partial charge in [0, 0.05) is 19.1 Å². The Morgan fingerprint density at radius 1 is 1.08 bits per heavy atom. The molecule has 1 aromatic rings. The number of rotatable bonds is 6. The van der Waals surface area contributed by atoms with Gasteiger partial charge in [-0.2, -0.15) is 0 Å². The van der Waals surface area contributed by atoms with Crippen molar-refractivity contribution in [3.8, 4) is 0 Å². The Morgan fingerprint density at radius 2 is 1.67 bits per heavy atom. The van der Waals surface area contributed by atoms with Crippen LogP contribution in [-0.2, 0) is 4.79 Å². The molecule has 1 aliphatic heterocycles. The highest BCUT2D eigenvalue weighted by atomic mass is 16.2. The number of nitrogens with zero attached hydrogens (tertiary/aromatic N) is 1. The molecule has 3 amide bonds. The van der Waals surface area contributed by atoms with Crippen LogP contribution in [0.25, 0.3) is 0 Å². The topological polar surface area (TPSA) is 61.4 Å². The summed E-state index contributed by atoms with van der Waals surface area (Å²) in [7, 11) is 0. The molecule has 2 atom stereocenters. The summed E-state index contributed by atoms with van der Waals surface area (Å²) < 4.78 is 0. The van der Waals surface area contributed by atoms with Crippen LogP contribution in [0, 0.1) is 5.92 Å². The zero-order valence-electron chi connectivity index (χ0n) is 15.3. The average molecular weight is 331 g/mol. The fraction of sp³-hybridized carbons (Fsp3) is 0.579. The number of urea groups is 1. The molecule has 1 heterocycles. The van der Waals surface area contributed by atoms with Gasteiger partial charge in [0.1, 0.15) is 0 Å². The van der Waals surface area contributed by atoms with Crippen molar-refractivity contribution in [1.82, 2.24) is 15.5 Å². The van der Waals surface area contributed by atoms with Gasteiger partial charge in [0.2, 0.25) is 5.91 Å². The fourth-order valence-electron chi connectivity index (χ4n) is 3.02. The highest BCUT2D eigenvalue weighted by Crippen LogP contribution is 2.25. The van der Waals surface area contributed by atoms with Gasteiger partial charge in [0.05, 0.1) is 6.04 Å². The summed E-state index contributed by atoms with van der Waals surface area (Å²) >= 11 is 0. The lowest BCUT2D eigenvalue weighted by Gasteiger charge is -2.28. The van der Waals surface area contributed by atoms with E-state index >= 15 is 0 Å². The lowest BCUT2D eigenvalue weighted by molar-refractivity contribution is -0.129. The van der Waals surface area contributed by atoms with Gasteiger partial charge in [-0.15, -0.1) is 0 Å². The van der Waals surface area contributed by atoms with Crippen molar-refractivity contribution in [2.75, 3.05) is 13.1 Å². The van der Waals surface area contributed by atoms with E-state index in [2.05, 4.69) is 62.6 Å². The van der Waals surface area contributed by atoms with Gasteiger partial charge in [-0.3, -0.25) is 15.0 Å². The molecule has 2 N–H and O–H groups in total. The third-order valence-corrected chi connectivity index (χ3v) is 4.55. The predicted octanol–water partition coefficient (Wildman–Crippen LogP) is 3.04. The first-order valence-corrected chi connectivity index (χ1v) is 8.76. The molecule has 0 spiro atoms. The second-order valence-corrected chi connectivity index (χ2v) is 7.15. The van der Waals surface area contributed by atoms with E-state index in [1.807, 2.05) is 6.92 Å². The molecular formula is C19H29N3O2. The number of hydrogen-bond acceptors (Lipinski definition) is 3. The minimum atomic E-state index is -0.411. The summed E-state index contributed by atoms with van der Waals surface area (Å²) in [4.78, 5) is 25.5. The van der Waals surface area contributed by atoms with Crippen molar-refractivity contribution in [3.05, 3.63) is 35.4 Å². The first kappa shape index (κ1) is 18.5. The van der Waals surface area contributed by atoms with E-state index in [-0.39, 0.29) is 18.0 Å². The van der Waals surface area contributed by atoms with Crippen LogP contribution in [0.2, 0.25) is 0 Å². The van der Waals surface area contributed by atoms with Gasteiger partial charge in [0.15, 0.2) is 0 Å². The average Bonchev–Trinajstić information content (AvgIpc) is 2.97. The number of hydrogen-bond donors (Lipinski definition) is 2. The Kier molecular flexibility index (Phi) is 5.99. The summed E-state index contributed by atoms with van der Waals surface area (Å²) in [6, 6.07) is 7.92. The quantitative estimate of drug-likeness (QED) is 0.842. The van der Waals surface area contributed by atoms with Crippen molar-refractivity contribution in [1.29, 1.82) is 0 Å². The second kappa shape index (κ2) is 7.79. The smallest absolute Gasteiger partial charge is 0.324 e. The van der Waals surface area contributed by atoms with E-state index in [1.54, 1.807) is 0 Å². The van der Waals surface area contributed by atoms with Gasteiger partial charge in [-0.1, -0.05) is 52.0 Å². The lowest BCUT2D eigenvalue weighted by atomic mass is 9.93. The van der Waals surface area contributed by atoms with Crippen LogP contribution >= 0.6 is 0 Å². The Morgan fingerprint density at radius 3 is 2.12 bits per heavy atom. The standard InChI is InChI=1S/C19H29N3O2/c1-12(2)15-6-8-16(9-7-15)17(13(3)4)21-14(5)18(23)22-11-10-20-19(22)24/h6-9,12-14,17,21H,10-11H2,1-5H3,(H,20,24)/t14-,17-/m0/s1. The summed E-state index contributed by atoms with van der Waals surface area (Å²) in [5, 5.41) is 6.08. The third-order valence-electron chi connectivity index (χ3n) is 4.55. The van der Waals surface area contributed by atoms with E-state index in [1.165, 1.54) is 16.0 Å². The Hall–Kier alpha value is -1.88. The van der Waals surface area contributed by atoms with Gasteiger partial charge >= 0.3 is 6.03 Å². The number of nitrogens with one attached hydrogen (secondary N) is 2. The van der Waals surface area contributed by atoms with Crippen LogP contribution in [-0.4, -0.2) is 36.0 Å². The third kappa shape index (κ3) is 4.15. The Balaban J connectivity index is 2.10. The largest absolute Gasteiger partial charge is 0.336 e. The van der Waals surface area contributed by atoms with Crippen LogP contribution in [0.5, 0.6) is 0 Å². The maximum absolute atomic E-state index is 12.5. The van der Waals surface area contributed by atoms with Crippen LogP contribution in [0.1, 0.15) is 57.7 Å². The number of amides is 3. The second-order valence-electron chi connectivity index (χ2n) is 7.15. The normalized spacial score (nSPS) is 17.3. The van der Waals surface area contributed by atoms with E-state index in [9.17, 15) is 9.59 Å².